The first-order valence-corrected chi connectivity index (χ1v) is 9.67. The maximum Gasteiger partial charge on any atom is 0.337 e. The predicted molar refractivity (Wildman–Crippen MR) is 115 cm³/mol. The van der Waals surface area contributed by atoms with Gasteiger partial charge < -0.3 is 9.15 Å². The number of methoxy groups -OCH3 is 1. The van der Waals surface area contributed by atoms with E-state index in [4.69, 9.17) is 20.8 Å². The number of amides is 2. The quantitative estimate of drug-likeness (QED) is 0.377. The SMILES string of the molecule is COC(=O)c1cccc(-c2ccc(/C=C3/C(=O)NN(c4ccc(C)c(Cl)c4)C3=O)o2)c1. The zero-order valence-electron chi connectivity index (χ0n) is 16.6. The van der Waals surface area contributed by atoms with Crippen LogP contribution in [0.4, 0.5) is 5.69 Å². The summed E-state index contributed by atoms with van der Waals surface area (Å²) in [4.78, 5) is 36.9. The number of nitrogens with zero attached hydrogens (tertiary/aromatic N) is 1. The third-order valence-corrected chi connectivity index (χ3v) is 5.19. The van der Waals surface area contributed by atoms with Gasteiger partial charge in [-0.15, -0.1) is 0 Å². The van der Waals surface area contributed by atoms with Gasteiger partial charge in [0.25, 0.3) is 11.8 Å². The summed E-state index contributed by atoms with van der Waals surface area (Å²) in [6.07, 6.45) is 1.38. The lowest BCUT2D eigenvalue weighted by molar-refractivity contribution is -0.117. The summed E-state index contributed by atoms with van der Waals surface area (Å²) in [5.74, 6) is -0.727. The van der Waals surface area contributed by atoms with Crippen LogP contribution in [-0.4, -0.2) is 24.9 Å². The standard InChI is InChI=1S/C23H17ClN2O5/c1-13-6-7-16(11-19(13)24)26-22(28)18(21(27)25-26)12-17-8-9-20(31-17)14-4-3-5-15(10-14)23(29)30-2/h3-12H,1-2H3,(H,25,27)/b18-12-. The summed E-state index contributed by atoms with van der Waals surface area (Å²) in [5.41, 5.74) is 4.81. The van der Waals surface area contributed by atoms with E-state index in [9.17, 15) is 14.4 Å². The molecule has 3 aromatic rings. The Labute approximate surface area is 182 Å². The van der Waals surface area contributed by atoms with E-state index < -0.39 is 17.8 Å². The number of esters is 1. The molecule has 4 rings (SSSR count). The molecule has 1 aromatic heterocycles. The third-order valence-electron chi connectivity index (χ3n) is 4.79. The molecule has 2 heterocycles. The van der Waals surface area contributed by atoms with Crippen LogP contribution < -0.4 is 10.4 Å². The van der Waals surface area contributed by atoms with E-state index in [-0.39, 0.29) is 5.57 Å². The lowest BCUT2D eigenvalue weighted by Gasteiger charge is -2.15. The molecule has 0 atom stereocenters. The van der Waals surface area contributed by atoms with E-state index in [1.807, 2.05) is 6.92 Å². The fourth-order valence-electron chi connectivity index (χ4n) is 3.11. The molecule has 0 unspecified atom stereocenters. The molecule has 2 amide bonds. The van der Waals surface area contributed by atoms with Crippen LogP contribution in [0.5, 0.6) is 0 Å². The minimum absolute atomic E-state index is 0.0686. The molecule has 0 saturated carbocycles. The van der Waals surface area contributed by atoms with E-state index >= 15 is 0 Å². The second-order valence-corrected chi connectivity index (χ2v) is 7.25. The molecule has 0 spiro atoms. The average Bonchev–Trinajstić information content (AvgIpc) is 3.35. The van der Waals surface area contributed by atoms with Gasteiger partial charge in [0.15, 0.2) is 0 Å². The van der Waals surface area contributed by atoms with Crippen molar-refractivity contribution in [2.75, 3.05) is 12.1 Å². The zero-order valence-corrected chi connectivity index (χ0v) is 17.4. The van der Waals surface area contributed by atoms with Crippen molar-refractivity contribution >= 4 is 41.1 Å². The Kier molecular flexibility index (Phi) is 5.35. The summed E-state index contributed by atoms with van der Waals surface area (Å²) in [6, 6.07) is 15.2. The van der Waals surface area contributed by atoms with Crippen molar-refractivity contribution in [3.63, 3.8) is 0 Å². The molecule has 1 aliphatic heterocycles. The van der Waals surface area contributed by atoms with Gasteiger partial charge in [0.05, 0.1) is 18.4 Å². The summed E-state index contributed by atoms with van der Waals surface area (Å²) in [7, 11) is 1.31. The van der Waals surface area contributed by atoms with Crippen molar-refractivity contribution in [3.8, 4) is 11.3 Å². The number of anilines is 1. The smallest absolute Gasteiger partial charge is 0.337 e. The lowest BCUT2D eigenvalue weighted by Crippen LogP contribution is -2.35. The van der Waals surface area contributed by atoms with Crippen molar-refractivity contribution in [2.24, 2.45) is 0 Å². The fraction of sp³-hybridized carbons (Fsp3) is 0.0870. The Bertz CT molecular complexity index is 1240. The molecule has 156 valence electrons. The van der Waals surface area contributed by atoms with Crippen LogP contribution >= 0.6 is 11.6 Å². The Balaban J connectivity index is 1.60. The lowest BCUT2D eigenvalue weighted by atomic mass is 10.1. The number of hydrogen-bond donors (Lipinski definition) is 1. The molecular weight excluding hydrogens is 420 g/mol. The first kappa shape index (κ1) is 20.4. The molecule has 7 nitrogen and oxygen atoms in total. The Morgan fingerprint density at radius 2 is 1.94 bits per heavy atom. The van der Waals surface area contributed by atoms with Gasteiger partial charge in [-0.05, 0) is 55.0 Å². The molecule has 0 aliphatic carbocycles. The zero-order chi connectivity index (χ0) is 22.1. The monoisotopic (exact) mass is 436 g/mol. The predicted octanol–water partition coefficient (Wildman–Crippen LogP) is 4.16. The van der Waals surface area contributed by atoms with E-state index in [1.165, 1.54) is 13.2 Å². The molecule has 1 fully saturated rings. The van der Waals surface area contributed by atoms with Gasteiger partial charge in [0.1, 0.15) is 17.1 Å². The number of nitrogens with one attached hydrogen (secondary N) is 1. The number of hydrazine groups is 1. The number of furan rings is 1. The first-order chi connectivity index (χ1) is 14.9. The second-order valence-electron chi connectivity index (χ2n) is 6.85. The fourth-order valence-corrected chi connectivity index (χ4v) is 3.28. The topological polar surface area (TPSA) is 88.9 Å². The van der Waals surface area contributed by atoms with Gasteiger partial charge >= 0.3 is 5.97 Å². The van der Waals surface area contributed by atoms with Crippen molar-refractivity contribution in [1.82, 2.24) is 5.43 Å². The molecule has 2 aromatic carbocycles. The molecule has 8 heteroatoms. The van der Waals surface area contributed by atoms with Crippen LogP contribution in [-0.2, 0) is 14.3 Å². The van der Waals surface area contributed by atoms with Crippen molar-refractivity contribution in [3.05, 3.63) is 82.1 Å². The summed E-state index contributed by atoms with van der Waals surface area (Å²) in [6.45, 7) is 1.84. The number of rotatable bonds is 4. The maximum absolute atomic E-state index is 12.8. The van der Waals surface area contributed by atoms with E-state index in [2.05, 4.69) is 5.43 Å². The second kappa shape index (κ2) is 8.12. The van der Waals surface area contributed by atoms with Gasteiger partial charge in [-0.2, -0.15) is 0 Å². The highest BCUT2D eigenvalue weighted by atomic mass is 35.5. The molecular formula is C23H17ClN2O5. The Morgan fingerprint density at radius 3 is 2.68 bits per heavy atom. The minimum Gasteiger partial charge on any atom is -0.465 e. The number of hydrogen-bond acceptors (Lipinski definition) is 5. The van der Waals surface area contributed by atoms with Crippen molar-refractivity contribution in [2.45, 2.75) is 6.92 Å². The molecule has 1 N–H and O–H groups in total. The first-order valence-electron chi connectivity index (χ1n) is 9.29. The summed E-state index contributed by atoms with van der Waals surface area (Å²) in [5, 5.41) is 1.63. The number of carbonyl (C=O) groups excluding carboxylic acids is 3. The maximum atomic E-state index is 12.8. The molecule has 0 bridgehead atoms. The van der Waals surface area contributed by atoms with Crippen LogP contribution in [0.1, 0.15) is 21.7 Å². The van der Waals surface area contributed by atoms with E-state index in [0.717, 1.165) is 10.6 Å². The number of ether oxygens (including phenoxy) is 1. The number of benzene rings is 2. The van der Waals surface area contributed by atoms with Crippen molar-refractivity contribution in [1.29, 1.82) is 0 Å². The highest BCUT2D eigenvalue weighted by Gasteiger charge is 2.35. The summed E-state index contributed by atoms with van der Waals surface area (Å²) < 4.78 is 10.5. The number of halogens is 1. The molecule has 1 saturated heterocycles. The number of aryl methyl sites for hydroxylation is 1. The van der Waals surface area contributed by atoms with Gasteiger partial charge in [-0.1, -0.05) is 29.8 Å². The van der Waals surface area contributed by atoms with Crippen LogP contribution in [0.2, 0.25) is 5.02 Å². The van der Waals surface area contributed by atoms with E-state index in [1.54, 1.807) is 54.6 Å². The largest absolute Gasteiger partial charge is 0.465 e. The van der Waals surface area contributed by atoms with Gasteiger partial charge in [0, 0.05) is 10.6 Å². The van der Waals surface area contributed by atoms with Crippen LogP contribution in [0.15, 0.2) is 64.6 Å². The Hall–Kier alpha value is -3.84. The third kappa shape index (κ3) is 3.95. The molecule has 0 radical (unpaired) electrons. The van der Waals surface area contributed by atoms with Gasteiger partial charge in [0.2, 0.25) is 0 Å². The highest BCUT2D eigenvalue weighted by Crippen LogP contribution is 2.28. The Morgan fingerprint density at radius 1 is 1.13 bits per heavy atom. The average molecular weight is 437 g/mol. The highest BCUT2D eigenvalue weighted by molar-refractivity contribution is 6.33. The van der Waals surface area contributed by atoms with Crippen LogP contribution in [0.25, 0.3) is 17.4 Å². The molecule has 1 aliphatic rings. The normalized spacial score (nSPS) is 14.8. The van der Waals surface area contributed by atoms with Crippen LogP contribution in [0.3, 0.4) is 0 Å². The van der Waals surface area contributed by atoms with Gasteiger partial charge in [-0.25, -0.2) is 9.80 Å². The minimum atomic E-state index is -0.549. The number of carbonyl (C=O) groups is 3. The molecule has 31 heavy (non-hydrogen) atoms. The van der Waals surface area contributed by atoms with Crippen LogP contribution in [0, 0.1) is 6.92 Å². The van der Waals surface area contributed by atoms with E-state index in [0.29, 0.717) is 33.4 Å². The summed E-state index contributed by atoms with van der Waals surface area (Å²) >= 11 is 6.13. The van der Waals surface area contributed by atoms with Crippen molar-refractivity contribution < 1.29 is 23.5 Å². The van der Waals surface area contributed by atoms with Gasteiger partial charge in [-0.3, -0.25) is 15.0 Å².